The second-order valence-electron chi connectivity index (χ2n) is 8.95. The summed E-state index contributed by atoms with van der Waals surface area (Å²) in [6, 6.07) is 7.40. The van der Waals surface area contributed by atoms with Crippen LogP contribution in [0.4, 0.5) is 74.6 Å². The van der Waals surface area contributed by atoms with Gasteiger partial charge in [0.25, 0.3) is 0 Å². The first kappa shape index (κ1) is 36.1. The van der Waals surface area contributed by atoms with Crippen LogP contribution in [-0.4, -0.2) is 62.5 Å². The number of nitrogens with zero attached hydrogens (tertiary/aromatic N) is 1. The van der Waals surface area contributed by atoms with Gasteiger partial charge in [-0.15, -0.1) is 0 Å². The fourth-order valence-corrected chi connectivity index (χ4v) is 4.28. The van der Waals surface area contributed by atoms with Crippen molar-refractivity contribution in [1.82, 2.24) is 0 Å². The van der Waals surface area contributed by atoms with Crippen LogP contribution in [0.5, 0.6) is 0 Å². The number of alkyl halides is 17. The van der Waals surface area contributed by atoms with Gasteiger partial charge in [0.15, 0.2) is 5.71 Å². The lowest BCUT2D eigenvalue weighted by molar-refractivity contribution is -0.428. The quantitative estimate of drug-likeness (QED) is 0.116. The Hall–Kier alpha value is -3.37. The number of hydrogen-bond donors (Lipinski definition) is 0. The predicted molar refractivity (Wildman–Crippen MR) is 114 cm³/mol. The third-order valence-corrected chi connectivity index (χ3v) is 6.66. The number of benzene rings is 2. The molecule has 1 aliphatic carbocycles. The minimum atomic E-state index is -7.80. The summed E-state index contributed by atoms with van der Waals surface area (Å²) in [6.07, 6.45) is -20.7. The molecular formula is C22H10F17NO4S. The summed E-state index contributed by atoms with van der Waals surface area (Å²) in [5, 5.41) is 1.74. The molecule has 0 saturated carbocycles. The Labute approximate surface area is 238 Å². The van der Waals surface area contributed by atoms with Crippen molar-refractivity contribution in [3.05, 3.63) is 59.2 Å². The van der Waals surface area contributed by atoms with Crippen molar-refractivity contribution in [2.24, 2.45) is 5.16 Å². The van der Waals surface area contributed by atoms with Gasteiger partial charge in [0.1, 0.15) is 0 Å². The van der Waals surface area contributed by atoms with Gasteiger partial charge in [-0.25, -0.2) is 13.1 Å². The van der Waals surface area contributed by atoms with E-state index < -0.39 is 70.0 Å². The molecule has 0 bridgehead atoms. The van der Waals surface area contributed by atoms with Crippen LogP contribution < -0.4 is 0 Å². The van der Waals surface area contributed by atoms with E-state index in [0.29, 0.717) is 23.3 Å². The van der Waals surface area contributed by atoms with Crippen molar-refractivity contribution in [2.45, 2.75) is 54.7 Å². The van der Waals surface area contributed by atoms with Crippen LogP contribution in [0.1, 0.15) is 16.7 Å². The highest BCUT2D eigenvalue weighted by Crippen LogP contribution is 2.54. The summed E-state index contributed by atoms with van der Waals surface area (Å²) < 4.78 is 256. The third-order valence-electron chi connectivity index (χ3n) is 5.99. The Kier molecular flexibility index (Phi) is 8.72. The van der Waals surface area contributed by atoms with Crippen LogP contribution in [0.25, 0.3) is 11.1 Å². The van der Waals surface area contributed by atoms with Gasteiger partial charge in [0.05, 0.1) is 0 Å². The minimum absolute atomic E-state index is 0.124. The zero-order valence-corrected chi connectivity index (χ0v) is 21.6. The summed E-state index contributed by atoms with van der Waals surface area (Å²) in [7, 11) is -7.38. The molecule has 0 spiro atoms. The van der Waals surface area contributed by atoms with E-state index in [1.54, 1.807) is 5.16 Å². The molecule has 1 aliphatic rings. The molecule has 23 heteroatoms. The van der Waals surface area contributed by atoms with Gasteiger partial charge in [0.2, 0.25) is 0 Å². The van der Waals surface area contributed by atoms with Gasteiger partial charge in [-0.2, -0.15) is 78.5 Å². The molecule has 0 atom stereocenters. The van der Waals surface area contributed by atoms with Crippen molar-refractivity contribution in [3.63, 3.8) is 0 Å². The maximum Gasteiger partial charge on any atom is 0.474 e. The zero-order chi connectivity index (χ0) is 34.8. The molecule has 0 aliphatic heterocycles. The Bertz CT molecular complexity index is 1590. The normalized spacial score (nSPS) is 15.7. The van der Waals surface area contributed by atoms with E-state index in [0.717, 1.165) is 6.07 Å². The molecule has 0 heterocycles. The summed E-state index contributed by atoms with van der Waals surface area (Å²) in [6.45, 7) is 0. The molecule has 252 valence electrons. The summed E-state index contributed by atoms with van der Waals surface area (Å²) >= 11 is 0. The lowest BCUT2D eigenvalue weighted by Crippen LogP contribution is -2.62. The summed E-state index contributed by atoms with van der Waals surface area (Å²) in [4.78, 5) is 0. The fourth-order valence-electron chi connectivity index (χ4n) is 3.72. The number of hydrogen-bond acceptors (Lipinski definition) is 5. The first-order valence-electron chi connectivity index (χ1n) is 11.1. The fraction of sp³-hybridized carbons (Fsp3) is 0.409. The summed E-state index contributed by atoms with van der Waals surface area (Å²) in [5.74, 6) is -36.5. The zero-order valence-electron chi connectivity index (χ0n) is 20.7. The average Bonchev–Trinajstić information content (AvgIpc) is 3.24. The highest BCUT2D eigenvalue weighted by molar-refractivity contribution is 7.81. The summed E-state index contributed by atoms with van der Waals surface area (Å²) in [5.41, 5.74) is -3.77. The Morgan fingerprint density at radius 1 is 0.711 bits per heavy atom. The molecule has 45 heavy (non-hydrogen) atoms. The topological polar surface area (TPSA) is 65.0 Å². The van der Waals surface area contributed by atoms with Gasteiger partial charge in [-0.05, 0) is 34.7 Å². The highest BCUT2D eigenvalue weighted by Gasteiger charge is 2.84. The second kappa shape index (κ2) is 10.9. The molecule has 0 aromatic heterocycles. The predicted octanol–water partition coefficient (Wildman–Crippen LogP) is 7.84. The highest BCUT2D eigenvalue weighted by atomic mass is 32.3. The molecule has 0 saturated heterocycles. The average molecular weight is 707 g/mol. The lowest BCUT2D eigenvalue weighted by Gasteiger charge is -2.33. The first-order valence-corrected chi connectivity index (χ1v) is 12.4. The Morgan fingerprint density at radius 2 is 1.24 bits per heavy atom. The van der Waals surface area contributed by atoms with E-state index in [-0.39, 0.29) is 17.5 Å². The van der Waals surface area contributed by atoms with Crippen molar-refractivity contribution in [3.8, 4) is 11.1 Å². The standard InChI is InChI=1S/C22H10F17NO4S/c23-15(24)17(27,28)18(29,30)16(25,26)14(10-5-6-13-11(8-10)7-9-3-1-2-4-12(9)13)40-44-45(41,42)43-22(38,39)20(33,34)19(31,32)21(35,36)37/h1-6,8,15H,7H2. The number of oxime groups is 1. The molecule has 0 amide bonds. The molecule has 0 N–H and O–H groups in total. The van der Waals surface area contributed by atoms with Crippen molar-refractivity contribution < 1.29 is 91.5 Å². The van der Waals surface area contributed by atoms with Crippen LogP contribution in [0, 0.1) is 0 Å². The molecule has 3 rings (SSSR count). The van der Waals surface area contributed by atoms with E-state index in [9.17, 15) is 83.1 Å². The first-order chi connectivity index (χ1) is 20.1. The third kappa shape index (κ3) is 5.87. The lowest BCUT2D eigenvalue weighted by atomic mass is 9.93. The molecular weight excluding hydrogens is 697 g/mol. The monoisotopic (exact) mass is 707 g/mol. The van der Waals surface area contributed by atoms with E-state index >= 15 is 0 Å². The number of rotatable bonds is 11. The number of halogens is 17. The van der Waals surface area contributed by atoms with Gasteiger partial charge < -0.3 is 0 Å². The van der Waals surface area contributed by atoms with Crippen molar-refractivity contribution >= 4 is 16.1 Å². The molecule has 2 aromatic carbocycles. The van der Waals surface area contributed by atoms with Crippen LogP contribution in [0.15, 0.2) is 47.6 Å². The minimum Gasteiger partial charge on any atom is -0.246 e. The van der Waals surface area contributed by atoms with Crippen LogP contribution in [0.3, 0.4) is 0 Å². The van der Waals surface area contributed by atoms with Crippen LogP contribution >= 0.6 is 0 Å². The van der Waals surface area contributed by atoms with Crippen molar-refractivity contribution in [1.29, 1.82) is 0 Å². The molecule has 5 nitrogen and oxygen atoms in total. The second-order valence-corrected chi connectivity index (χ2v) is 10.1. The SMILES string of the molecule is O=S(=O)(ON=C(c1ccc2c(c1)Cc1ccccc1-2)C(F)(F)C(F)(F)C(F)(F)C(F)F)OC(F)(F)C(F)(F)C(F)(F)C(F)(F)F. The van der Waals surface area contributed by atoms with Crippen molar-refractivity contribution in [2.75, 3.05) is 0 Å². The van der Waals surface area contributed by atoms with Gasteiger partial charge in [-0.1, -0.05) is 41.6 Å². The van der Waals surface area contributed by atoms with E-state index in [1.807, 2.05) is 0 Å². The van der Waals surface area contributed by atoms with Gasteiger partial charge in [0, 0.05) is 5.56 Å². The van der Waals surface area contributed by atoms with E-state index in [4.69, 9.17) is 0 Å². The number of fused-ring (bicyclic) bond motifs is 3. The van der Waals surface area contributed by atoms with E-state index in [2.05, 4.69) is 8.47 Å². The maximum absolute atomic E-state index is 14.9. The Balaban J connectivity index is 2.13. The van der Waals surface area contributed by atoms with Gasteiger partial charge >= 0.3 is 58.7 Å². The van der Waals surface area contributed by atoms with Gasteiger partial charge in [-0.3, -0.25) is 0 Å². The molecule has 0 radical (unpaired) electrons. The maximum atomic E-state index is 14.9. The molecule has 0 fully saturated rings. The molecule has 2 aromatic rings. The van der Waals surface area contributed by atoms with E-state index in [1.165, 1.54) is 24.3 Å². The Morgan fingerprint density at radius 3 is 1.78 bits per heavy atom. The smallest absolute Gasteiger partial charge is 0.246 e. The largest absolute Gasteiger partial charge is 0.474 e. The molecule has 0 unspecified atom stereocenters. The van der Waals surface area contributed by atoms with Crippen LogP contribution in [0.2, 0.25) is 0 Å². The van der Waals surface area contributed by atoms with Crippen LogP contribution in [-0.2, 0) is 25.3 Å².